The van der Waals surface area contributed by atoms with Gasteiger partial charge in [0.15, 0.2) is 17.5 Å². The lowest BCUT2D eigenvalue weighted by Gasteiger charge is -2.16. The van der Waals surface area contributed by atoms with Crippen molar-refractivity contribution in [1.82, 2.24) is 15.5 Å². The molecule has 0 aromatic heterocycles. The maximum atomic E-state index is 11.8. The van der Waals surface area contributed by atoms with Crippen molar-refractivity contribution in [2.45, 2.75) is 32.4 Å². The van der Waals surface area contributed by atoms with Crippen LogP contribution < -0.4 is 20.1 Å². The van der Waals surface area contributed by atoms with Gasteiger partial charge in [0.05, 0.1) is 0 Å². The van der Waals surface area contributed by atoms with E-state index in [2.05, 4.69) is 46.0 Å². The van der Waals surface area contributed by atoms with Crippen LogP contribution in [0.1, 0.15) is 29.5 Å². The van der Waals surface area contributed by atoms with Crippen LogP contribution in [0.15, 0.2) is 47.5 Å². The van der Waals surface area contributed by atoms with Crippen molar-refractivity contribution in [1.29, 1.82) is 0 Å². The number of benzene rings is 2. The van der Waals surface area contributed by atoms with Gasteiger partial charge < -0.3 is 25.0 Å². The van der Waals surface area contributed by atoms with Crippen LogP contribution in [0.25, 0.3) is 0 Å². The van der Waals surface area contributed by atoms with E-state index < -0.39 is 0 Å². The highest BCUT2D eigenvalue weighted by Gasteiger charge is 2.19. The molecule has 0 spiro atoms. The molecule has 0 unspecified atom stereocenters. The Morgan fingerprint density at radius 2 is 1.77 bits per heavy atom. The average molecular weight is 536 g/mol. The number of hydrogen-bond donors (Lipinski definition) is 2. The molecular weight excluding hydrogens is 507 g/mol. The molecule has 2 N–H and O–H groups in total. The van der Waals surface area contributed by atoms with Crippen LogP contribution in [0.4, 0.5) is 0 Å². The summed E-state index contributed by atoms with van der Waals surface area (Å²) in [5.41, 5.74) is 3.53. The zero-order valence-corrected chi connectivity index (χ0v) is 20.1. The molecule has 2 aromatic carbocycles. The molecule has 4 rings (SSSR count). The van der Waals surface area contributed by atoms with E-state index in [1.54, 1.807) is 7.05 Å². The average Bonchev–Trinajstić information content (AvgIpc) is 3.40. The van der Waals surface area contributed by atoms with Crippen LogP contribution in [-0.2, 0) is 24.3 Å². The molecule has 1 amide bonds. The molecule has 0 radical (unpaired) electrons. The summed E-state index contributed by atoms with van der Waals surface area (Å²) in [6.07, 6.45) is 2.52. The highest BCUT2D eigenvalue weighted by Crippen LogP contribution is 2.32. The first-order chi connectivity index (χ1) is 14.7. The largest absolute Gasteiger partial charge is 0.454 e. The highest BCUT2D eigenvalue weighted by molar-refractivity contribution is 14.0. The van der Waals surface area contributed by atoms with Gasteiger partial charge >= 0.3 is 0 Å². The van der Waals surface area contributed by atoms with Gasteiger partial charge in [-0.3, -0.25) is 9.79 Å². The van der Waals surface area contributed by atoms with E-state index >= 15 is 0 Å². The Labute approximate surface area is 200 Å². The van der Waals surface area contributed by atoms with Crippen molar-refractivity contribution < 1.29 is 14.3 Å². The molecule has 31 heavy (non-hydrogen) atoms. The first-order valence-electron chi connectivity index (χ1n) is 10.4. The lowest BCUT2D eigenvalue weighted by atomic mass is 10.1. The number of nitrogens with zero attached hydrogens (tertiary/aromatic N) is 2. The summed E-state index contributed by atoms with van der Waals surface area (Å²) in [6.45, 7) is 3.33. The third kappa shape index (κ3) is 6.25. The quantitative estimate of drug-likeness (QED) is 0.324. The first-order valence-corrected chi connectivity index (χ1v) is 10.4. The summed E-state index contributed by atoms with van der Waals surface area (Å²) in [5, 5.41) is 6.69. The Morgan fingerprint density at radius 1 is 1.03 bits per heavy atom. The maximum absolute atomic E-state index is 11.8. The molecule has 7 nitrogen and oxygen atoms in total. The molecule has 2 aliphatic heterocycles. The maximum Gasteiger partial charge on any atom is 0.231 e. The Bertz CT molecular complexity index is 918. The van der Waals surface area contributed by atoms with Gasteiger partial charge in [-0.1, -0.05) is 30.3 Å². The number of likely N-dealkylation sites (tertiary alicyclic amines) is 1. The fourth-order valence-corrected chi connectivity index (χ4v) is 3.68. The van der Waals surface area contributed by atoms with E-state index in [1.165, 1.54) is 16.7 Å². The second-order valence-corrected chi connectivity index (χ2v) is 7.53. The molecule has 166 valence electrons. The van der Waals surface area contributed by atoms with Crippen molar-refractivity contribution >= 4 is 35.8 Å². The van der Waals surface area contributed by atoms with Gasteiger partial charge in [0.1, 0.15) is 0 Å². The summed E-state index contributed by atoms with van der Waals surface area (Å²) >= 11 is 0. The third-order valence-electron chi connectivity index (χ3n) is 5.39. The normalized spacial score (nSPS) is 15.1. The second-order valence-electron chi connectivity index (χ2n) is 7.53. The predicted octanol–water partition coefficient (Wildman–Crippen LogP) is 3.06. The number of nitrogens with one attached hydrogen (secondary N) is 2. The van der Waals surface area contributed by atoms with Gasteiger partial charge in [-0.15, -0.1) is 24.0 Å². The number of amides is 1. The molecule has 1 fully saturated rings. The number of carbonyl (C=O) groups is 1. The molecule has 0 aliphatic carbocycles. The van der Waals surface area contributed by atoms with E-state index in [0.29, 0.717) is 26.3 Å². The van der Waals surface area contributed by atoms with Gasteiger partial charge in [-0.25, -0.2) is 0 Å². The van der Waals surface area contributed by atoms with Gasteiger partial charge in [-0.2, -0.15) is 0 Å². The van der Waals surface area contributed by atoms with E-state index in [-0.39, 0.29) is 29.9 Å². The van der Waals surface area contributed by atoms with Gasteiger partial charge in [0.25, 0.3) is 0 Å². The smallest absolute Gasteiger partial charge is 0.231 e. The second kappa shape index (κ2) is 11.2. The zero-order chi connectivity index (χ0) is 20.8. The summed E-state index contributed by atoms with van der Waals surface area (Å²) < 4.78 is 10.8. The number of halogens is 1. The van der Waals surface area contributed by atoms with Crippen molar-refractivity contribution in [2.75, 3.05) is 26.9 Å². The number of guanidine groups is 1. The number of fused-ring (bicyclic) bond motifs is 1. The number of carbonyl (C=O) groups excluding carboxylic acids is 1. The Hall–Kier alpha value is -2.49. The van der Waals surface area contributed by atoms with E-state index in [1.807, 2.05) is 17.0 Å². The van der Waals surface area contributed by atoms with Crippen molar-refractivity contribution in [2.24, 2.45) is 4.99 Å². The fraction of sp³-hybridized carbons (Fsp3) is 0.391. The summed E-state index contributed by atoms with van der Waals surface area (Å²) in [7, 11) is 1.77. The minimum Gasteiger partial charge on any atom is -0.454 e. The van der Waals surface area contributed by atoms with Crippen LogP contribution >= 0.6 is 24.0 Å². The molecule has 0 bridgehead atoms. The zero-order valence-electron chi connectivity index (χ0n) is 17.7. The van der Waals surface area contributed by atoms with Crippen LogP contribution in [0, 0.1) is 0 Å². The van der Waals surface area contributed by atoms with E-state index in [0.717, 1.165) is 43.4 Å². The van der Waals surface area contributed by atoms with Crippen molar-refractivity contribution in [3.8, 4) is 11.5 Å². The first kappa shape index (κ1) is 23.2. The van der Waals surface area contributed by atoms with Crippen molar-refractivity contribution in [3.05, 3.63) is 59.2 Å². The molecule has 1 saturated heterocycles. The molecule has 0 atom stereocenters. The lowest BCUT2D eigenvalue weighted by Crippen LogP contribution is -2.37. The van der Waals surface area contributed by atoms with Gasteiger partial charge in [0.2, 0.25) is 12.7 Å². The lowest BCUT2D eigenvalue weighted by molar-refractivity contribution is -0.128. The SMILES string of the molecule is CN=C(NCCc1ccc2c(c1)OCO2)NCc1ccc(CN2CCCC2=O)cc1.I. The molecule has 2 heterocycles. The fourth-order valence-electron chi connectivity index (χ4n) is 3.68. The number of rotatable bonds is 7. The Kier molecular flexibility index (Phi) is 8.39. The predicted molar refractivity (Wildman–Crippen MR) is 131 cm³/mol. The number of aliphatic imine (C=N–C) groups is 1. The minimum absolute atomic E-state index is 0. The van der Waals surface area contributed by atoms with E-state index in [9.17, 15) is 4.79 Å². The minimum atomic E-state index is 0. The van der Waals surface area contributed by atoms with Crippen molar-refractivity contribution in [3.63, 3.8) is 0 Å². The number of ether oxygens (including phenoxy) is 2. The molecule has 0 saturated carbocycles. The van der Waals surface area contributed by atoms with Crippen LogP contribution in [0.3, 0.4) is 0 Å². The standard InChI is InChI=1S/C23H28N4O3.HI/c1-24-23(25-11-10-17-8-9-20-21(13-17)30-16-29-20)26-14-18-4-6-19(7-5-18)15-27-12-2-3-22(27)28;/h4-9,13H,2-3,10-12,14-16H2,1H3,(H2,24,25,26);1H. The van der Waals surface area contributed by atoms with Crippen LogP contribution in [-0.4, -0.2) is 43.7 Å². The molecular formula is C23H29IN4O3. The summed E-state index contributed by atoms with van der Waals surface area (Å²) in [4.78, 5) is 18.0. The summed E-state index contributed by atoms with van der Waals surface area (Å²) in [5.74, 6) is 2.65. The Balaban J connectivity index is 0.00000272. The van der Waals surface area contributed by atoms with Crippen LogP contribution in [0.5, 0.6) is 11.5 Å². The Morgan fingerprint density at radius 3 is 2.52 bits per heavy atom. The highest BCUT2D eigenvalue weighted by atomic mass is 127. The van der Waals surface area contributed by atoms with Gasteiger partial charge in [-0.05, 0) is 41.7 Å². The third-order valence-corrected chi connectivity index (χ3v) is 5.39. The molecule has 2 aliphatic rings. The monoisotopic (exact) mass is 536 g/mol. The summed E-state index contributed by atoms with van der Waals surface area (Å²) in [6, 6.07) is 14.4. The van der Waals surface area contributed by atoms with Gasteiger partial charge in [0, 0.05) is 39.6 Å². The topological polar surface area (TPSA) is 75.2 Å². The van der Waals surface area contributed by atoms with Crippen LogP contribution in [0.2, 0.25) is 0 Å². The molecule has 2 aromatic rings. The number of hydrogen-bond acceptors (Lipinski definition) is 4. The molecule has 8 heteroatoms. The van der Waals surface area contributed by atoms with E-state index in [4.69, 9.17) is 9.47 Å².